The number of fused-ring (bicyclic) bond motifs is 1. The molecule has 0 bridgehead atoms. The van der Waals surface area contributed by atoms with Crippen molar-refractivity contribution in [2.75, 3.05) is 6.54 Å². The molecule has 3 aromatic rings. The van der Waals surface area contributed by atoms with E-state index in [4.69, 9.17) is 4.98 Å². The Morgan fingerprint density at radius 3 is 2.60 bits per heavy atom. The number of ketones is 1. The second kappa shape index (κ2) is 7.73. The highest BCUT2D eigenvalue weighted by atomic mass is 16.3. The fourth-order valence-electron chi connectivity index (χ4n) is 2.77. The molecule has 4 heteroatoms. The molecule has 1 aromatic heterocycles. The van der Waals surface area contributed by atoms with Crippen LogP contribution in [-0.2, 0) is 11.3 Å². The van der Waals surface area contributed by atoms with E-state index in [1.807, 2.05) is 48.5 Å². The van der Waals surface area contributed by atoms with E-state index in [-0.39, 0.29) is 18.1 Å². The number of rotatable bonds is 6. The summed E-state index contributed by atoms with van der Waals surface area (Å²) in [4.78, 5) is 15.8. The Hall–Kier alpha value is -2.98. The summed E-state index contributed by atoms with van der Waals surface area (Å²) in [6, 6.07) is 20.3. The van der Waals surface area contributed by atoms with Crippen LogP contribution in [0.1, 0.15) is 12.6 Å². The number of carbonyl (C=O) groups excluding carboxylic acids is 1. The van der Waals surface area contributed by atoms with Crippen LogP contribution in [0.25, 0.3) is 22.0 Å². The second-order valence-corrected chi connectivity index (χ2v) is 5.90. The number of nitrogens with one attached hydrogen (secondary N) is 1. The average Bonchev–Trinajstić information content (AvgIpc) is 2.61. The molecule has 126 valence electrons. The van der Waals surface area contributed by atoms with Gasteiger partial charge in [0, 0.05) is 23.6 Å². The summed E-state index contributed by atoms with van der Waals surface area (Å²) in [6.07, 6.45) is 1.22. The number of nitrogens with zero attached hydrogens (tertiary/aromatic N) is 1. The molecule has 0 fully saturated rings. The third-order valence-electron chi connectivity index (χ3n) is 3.82. The SMILES string of the molecule is CC(=O)/C=C(\O)CNCc1cc2ccccc2c(-c2ccccc2)n1. The first kappa shape index (κ1) is 16.9. The fraction of sp³-hybridized carbons (Fsp3) is 0.143. The highest BCUT2D eigenvalue weighted by Gasteiger charge is 2.08. The Balaban J connectivity index is 1.88. The third-order valence-corrected chi connectivity index (χ3v) is 3.82. The number of hydrogen-bond donors (Lipinski definition) is 2. The van der Waals surface area contributed by atoms with Gasteiger partial charge in [-0.3, -0.25) is 9.78 Å². The first-order chi connectivity index (χ1) is 12.1. The van der Waals surface area contributed by atoms with Crippen LogP contribution in [0.5, 0.6) is 0 Å². The molecule has 1 heterocycles. The molecular formula is C21H20N2O2. The zero-order valence-corrected chi connectivity index (χ0v) is 14.1. The van der Waals surface area contributed by atoms with E-state index in [9.17, 15) is 9.90 Å². The standard InChI is InChI=1S/C21H20N2O2/c1-15(24)11-19(25)14-22-13-18-12-17-9-5-6-10-20(17)21(23-18)16-7-3-2-4-8-16/h2-12,22,25H,13-14H2,1H3/b19-11-. The van der Waals surface area contributed by atoms with E-state index in [0.717, 1.165) is 27.7 Å². The number of aliphatic hydroxyl groups excluding tert-OH is 1. The number of allylic oxidation sites excluding steroid dienone is 1. The lowest BCUT2D eigenvalue weighted by molar-refractivity contribution is -0.112. The van der Waals surface area contributed by atoms with Crippen molar-refractivity contribution in [1.82, 2.24) is 10.3 Å². The van der Waals surface area contributed by atoms with Gasteiger partial charge < -0.3 is 10.4 Å². The lowest BCUT2D eigenvalue weighted by Gasteiger charge is -2.10. The first-order valence-electron chi connectivity index (χ1n) is 8.18. The summed E-state index contributed by atoms with van der Waals surface area (Å²) in [5.41, 5.74) is 2.90. The predicted octanol–water partition coefficient (Wildman–Crippen LogP) is 4.02. The summed E-state index contributed by atoms with van der Waals surface area (Å²) >= 11 is 0. The smallest absolute Gasteiger partial charge is 0.155 e. The largest absolute Gasteiger partial charge is 0.511 e. The van der Waals surface area contributed by atoms with Crippen molar-refractivity contribution in [2.45, 2.75) is 13.5 Å². The van der Waals surface area contributed by atoms with E-state index < -0.39 is 0 Å². The molecule has 25 heavy (non-hydrogen) atoms. The molecule has 0 amide bonds. The molecule has 0 atom stereocenters. The van der Waals surface area contributed by atoms with E-state index in [0.29, 0.717) is 6.54 Å². The maximum atomic E-state index is 11.0. The summed E-state index contributed by atoms with van der Waals surface area (Å²) in [5, 5.41) is 15.0. The number of hydrogen-bond acceptors (Lipinski definition) is 4. The van der Waals surface area contributed by atoms with Crippen molar-refractivity contribution in [3.05, 3.63) is 78.2 Å². The number of benzene rings is 2. The number of carbonyl (C=O) groups is 1. The van der Waals surface area contributed by atoms with E-state index in [2.05, 4.69) is 17.4 Å². The minimum atomic E-state index is -0.172. The van der Waals surface area contributed by atoms with Gasteiger partial charge in [0.25, 0.3) is 0 Å². The molecule has 4 nitrogen and oxygen atoms in total. The molecule has 2 N–H and O–H groups in total. The fourth-order valence-corrected chi connectivity index (χ4v) is 2.77. The quantitative estimate of drug-likeness (QED) is 0.528. The number of aromatic nitrogens is 1. The molecule has 0 aliphatic carbocycles. The van der Waals surface area contributed by atoms with Crippen LogP contribution in [0.4, 0.5) is 0 Å². The van der Waals surface area contributed by atoms with Gasteiger partial charge in [0.1, 0.15) is 5.76 Å². The molecular weight excluding hydrogens is 312 g/mol. The molecule has 3 rings (SSSR count). The zero-order chi connectivity index (χ0) is 17.6. The molecule has 0 aliphatic rings. The summed E-state index contributed by atoms with van der Waals surface area (Å²) in [6.45, 7) is 2.14. The molecule has 0 unspecified atom stereocenters. The Bertz CT molecular complexity index is 918. The van der Waals surface area contributed by atoms with Gasteiger partial charge in [-0.2, -0.15) is 0 Å². The minimum absolute atomic E-state index is 0.0246. The van der Waals surface area contributed by atoms with Crippen LogP contribution in [0.2, 0.25) is 0 Å². The Morgan fingerprint density at radius 2 is 1.84 bits per heavy atom. The highest BCUT2D eigenvalue weighted by molar-refractivity contribution is 5.94. The average molecular weight is 332 g/mol. The van der Waals surface area contributed by atoms with Gasteiger partial charge in [0.15, 0.2) is 5.78 Å². The van der Waals surface area contributed by atoms with E-state index in [1.165, 1.54) is 13.0 Å². The van der Waals surface area contributed by atoms with Crippen molar-refractivity contribution < 1.29 is 9.90 Å². The summed E-state index contributed by atoms with van der Waals surface area (Å²) < 4.78 is 0. The lowest BCUT2D eigenvalue weighted by Crippen LogP contribution is -2.18. The Morgan fingerprint density at radius 1 is 1.12 bits per heavy atom. The van der Waals surface area contributed by atoms with Gasteiger partial charge in [-0.15, -0.1) is 0 Å². The van der Waals surface area contributed by atoms with Crippen molar-refractivity contribution in [1.29, 1.82) is 0 Å². The van der Waals surface area contributed by atoms with Gasteiger partial charge in [0.2, 0.25) is 0 Å². The molecule has 0 aliphatic heterocycles. The van der Waals surface area contributed by atoms with Gasteiger partial charge in [-0.25, -0.2) is 0 Å². The molecule has 0 radical (unpaired) electrons. The van der Waals surface area contributed by atoms with Crippen LogP contribution in [0.15, 0.2) is 72.5 Å². The van der Waals surface area contributed by atoms with Crippen LogP contribution in [0, 0.1) is 0 Å². The van der Waals surface area contributed by atoms with Crippen LogP contribution in [-0.4, -0.2) is 22.4 Å². The zero-order valence-electron chi connectivity index (χ0n) is 14.1. The lowest BCUT2D eigenvalue weighted by atomic mass is 10.0. The van der Waals surface area contributed by atoms with Gasteiger partial charge in [-0.1, -0.05) is 54.6 Å². The van der Waals surface area contributed by atoms with Gasteiger partial charge in [-0.05, 0) is 18.4 Å². The molecule has 0 saturated carbocycles. The highest BCUT2D eigenvalue weighted by Crippen LogP contribution is 2.27. The predicted molar refractivity (Wildman–Crippen MR) is 100 cm³/mol. The van der Waals surface area contributed by atoms with Crippen molar-refractivity contribution in [3.63, 3.8) is 0 Å². The minimum Gasteiger partial charge on any atom is -0.511 e. The Kier molecular flexibility index (Phi) is 5.21. The van der Waals surface area contributed by atoms with Crippen LogP contribution in [0.3, 0.4) is 0 Å². The third kappa shape index (κ3) is 4.31. The topological polar surface area (TPSA) is 62.2 Å². The monoisotopic (exact) mass is 332 g/mol. The van der Waals surface area contributed by atoms with Crippen molar-refractivity contribution in [3.8, 4) is 11.3 Å². The van der Waals surface area contributed by atoms with Crippen molar-refractivity contribution in [2.24, 2.45) is 0 Å². The van der Waals surface area contributed by atoms with E-state index >= 15 is 0 Å². The maximum Gasteiger partial charge on any atom is 0.155 e. The second-order valence-electron chi connectivity index (χ2n) is 5.90. The van der Waals surface area contributed by atoms with Crippen LogP contribution >= 0.6 is 0 Å². The first-order valence-corrected chi connectivity index (χ1v) is 8.18. The maximum absolute atomic E-state index is 11.0. The van der Waals surface area contributed by atoms with E-state index in [1.54, 1.807) is 0 Å². The normalized spacial score (nSPS) is 11.6. The number of pyridine rings is 1. The Labute approximate surface area is 146 Å². The molecule has 0 saturated heterocycles. The molecule has 0 spiro atoms. The summed E-state index contributed by atoms with van der Waals surface area (Å²) in [5.74, 6) is -0.147. The van der Waals surface area contributed by atoms with Gasteiger partial charge in [0.05, 0.1) is 17.9 Å². The van der Waals surface area contributed by atoms with Crippen molar-refractivity contribution >= 4 is 16.6 Å². The van der Waals surface area contributed by atoms with Crippen LogP contribution < -0.4 is 5.32 Å². The van der Waals surface area contributed by atoms with Gasteiger partial charge >= 0.3 is 0 Å². The summed E-state index contributed by atoms with van der Waals surface area (Å²) in [7, 11) is 0. The number of aliphatic hydroxyl groups is 1. The molecule has 2 aromatic carbocycles.